The number of allylic oxidation sites excluding steroid dienone is 1. The van der Waals surface area contributed by atoms with Gasteiger partial charge in [-0.3, -0.25) is 9.59 Å². The topological polar surface area (TPSA) is 34.1 Å². The van der Waals surface area contributed by atoms with E-state index in [4.69, 9.17) is 0 Å². The molecule has 0 spiro atoms. The molecule has 0 amide bonds. The SMILES string of the molecule is CC(=O)c1ccc(CC2(C3=Cc4ccccc4C3)Cc3ccccc3C2=O)cc1. The molecule has 0 saturated carbocycles. The molecule has 0 bridgehead atoms. The molecule has 142 valence electrons. The maximum atomic E-state index is 13.7. The molecule has 1 unspecified atom stereocenters. The highest BCUT2D eigenvalue weighted by atomic mass is 16.1. The molecule has 0 fully saturated rings. The Morgan fingerprint density at radius 1 is 0.897 bits per heavy atom. The van der Waals surface area contributed by atoms with Crippen molar-refractivity contribution < 1.29 is 9.59 Å². The summed E-state index contributed by atoms with van der Waals surface area (Å²) in [5.74, 6) is 0.285. The molecule has 2 nitrogen and oxygen atoms in total. The molecule has 0 radical (unpaired) electrons. The van der Waals surface area contributed by atoms with Gasteiger partial charge in [-0.15, -0.1) is 0 Å². The lowest BCUT2D eigenvalue weighted by Crippen LogP contribution is -2.33. The third-order valence-corrected chi connectivity index (χ3v) is 6.44. The first-order valence-corrected chi connectivity index (χ1v) is 10.1. The second-order valence-electron chi connectivity index (χ2n) is 8.22. The lowest BCUT2D eigenvalue weighted by atomic mass is 9.71. The molecule has 5 rings (SSSR count). The molecular weight excluding hydrogens is 356 g/mol. The summed E-state index contributed by atoms with van der Waals surface area (Å²) in [5, 5.41) is 0. The Kier molecular flexibility index (Phi) is 4.09. The number of carbonyl (C=O) groups is 2. The molecule has 29 heavy (non-hydrogen) atoms. The number of ketones is 2. The van der Waals surface area contributed by atoms with Gasteiger partial charge in [-0.05, 0) is 48.4 Å². The van der Waals surface area contributed by atoms with E-state index in [2.05, 4.69) is 36.4 Å². The first-order valence-electron chi connectivity index (χ1n) is 10.1. The van der Waals surface area contributed by atoms with Crippen LogP contribution in [-0.4, -0.2) is 11.6 Å². The minimum Gasteiger partial charge on any atom is -0.295 e. The summed E-state index contributed by atoms with van der Waals surface area (Å²) in [4.78, 5) is 25.4. The van der Waals surface area contributed by atoms with Crippen LogP contribution in [0, 0.1) is 5.41 Å². The summed E-state index contributed by atoms with van der Waals surface area (Å²) in [5.41, 5.74) is 6.94. The van der Waals surface area contributed by atoms with Crippen LogP contribution >= 0.6 is 0 Å². The van der Waals surface area contributed by atoms with Gasteiger partial charge >= 0.3 is 0 Å². The van der Waals surface area contributed by atoms with Crippen LogP contribution in [0.5, 0.6) is 0 Å². The van der Waals surface area contributed by atoms with Gasteiger partial charge in [0.2, 0.25) is 0 Å². The third kappa shape index (κ3) is 2.87. The minimum absolute atomic E-state index is 0.0598. The first kappa shape index (κ1) is 17.8. The Morgan fingerprint density at radius 2 is 1.59 bits per heavy atom. The van der Waals surface area contributed by atoms with Crippen molar-refractivity contribution in [2.24, 2.45) is 5.41 Å². The molecule has 3 aromatic rings. The molecule has 2 aliphatic rings. The smallest absolute Gasteiger partial charge is 0.174 e. The molecule has 2 aliphatic carbocycles. The maximum absolute atomic E-state index is 13.7. The van der Waals surface area contributed by atoms with Gasteiger partial charge in [0, 0.05) is 11.1 Å². The van der Waals surface area contributed by atoms with Crippen LogP contribution in [0.2, 0.25) is 0 Å². The van der Waals surface area contributed by atoms with Gasteiger partial charge in [0.05, 0.1) is 5.41 Å². The van der Waals surface area contributed by atoms with Crippen LogP contribution in [-0.2, 0) is 19.3 Å². The average Bonchev–Trinajstić information content (AvgIpc) is 3.29. The maximum Gasteiger partial charge on any atom is 0.174 e. The van der Waals surface area contributed by atoms with Crippen LogP contribution in [0.4, 0.5) is 0 Å². The van der Waals surface area contributed by atoms with Gasteiger partial charge in [-0.2, -0.15) is 0 Å². The zero-order chi connectivity index (χ0) is 20.0. The fourth-order valence-electron chi connectivity index (χ4n) is 4.87. The van der Waals surface area contributed by atoms with E-state index >= 15 is 0 Å². The summed E-state index contributed by atoms with van der Waals surface area (Å²) >= 11 is 0. The lowest BCUT2D eigenvalue weighted by molar-refractivity contribution is 0.0861. The number of carbonyl (C=O) groups excluding carboxylic acids is 2. The van der Waals surface area contributed by atoms with E-state index in [1.807, 2.05) is 42.5 Å². The van der Waals surface area contributed by atoms with Gasteiger partial charge in [0.15, 0.2) is 11.6 Å². The Labute approximate surface area is 170 Å². The third-order valence-electron chi connectivity index (χ3n) is 6.44. The zero-order valence-electron chi connectivity index (χ0n) is 16.4. The average molecular weight is 378 g/mol. The van der Waals surface area contributed by atoms with Crippen LogP contribution in [0.15, 0.2) is 78.4 Å². The number of fused-ring (bicyclic) bond motifs is 2. The van der Waals surface area contributed by atoms with E-state index in [0.29, 0.717) is 12.0 Å². The van der Waals surface area contributed by atoms with E-state index in [1.165, 1.54) is 16.7 Å². The molecular formula is C27H22O2. The molecule has 3 aromatic carbocycles. The highest BCUT2D eigenvalue weighted by Crippen LogP contribution is 2.48. The number of hydrogen-bond acceptors (Lipinski definition) is 2. The number of hydrogen-bond donors (Lipinski definition) is 0. The summed E-state index contributed by atoms with van der Waals surface area (Å²) in [6, 6.07) is 24.1. The van der Waals surface area contributed by atoms with Crippen molar-refractivity contribution >= 4 is 17.6 Å². The predicted molar refractivity (Wildman–Crippen MR) is 115 cm³/mol. The Bertz CT molecular complexity index is 1170. The van der Waals surface area contributed by atoms with Crippen molar-refractivity contribution in [2.75, 3.05) is 0 Å². The van der Waals surface area contributed by atoms with E-state index in [9.17, 15) is 9.59 Å². The lowest BCUT2D eigenvalue weighted by Gasteiger charge is -2.30. The fourth-order valence-corrected chi connectivity index (χ4v) is 4.87. The standard InChI is InChI=1S/C27H22O2/c1-18(28)20-12-10-19(11-13-20)16-27(17-23-8-4-5-9-25(23)26(27)29)24-14-21-6-2-3-7-22(21)15-24/h2-14H,15-17H2,1H3. The van der Waals surface area contributed by atoms with Crippen molar-refractivity contribution in [2.45, 2.75) is 26.2 Å². The number of benzene rings is 3. The van der Waals surface area contributed by atoms with Crippen LogP contribution in [0.25, 0.3) is 6.08 Å². The van der Waals surface area contributed by atoms with Crippen LogP contribution < -0.4 is 0 Å². The van der Waals surface area contributed by atoms with E-state index < -0.39 is 5.41 Å². The predicted octanol–water partition coefficient (Wildman–Crippen LogP) is 5.50. The molecule has 0 aromatic heterocycles. The van der Waals surface area contributed by atoms with E-state index in [-0.39, 0.29) is 11.6 Å². The van der Waals surface area contributed by atoms with Gasteiger partial charge in [-0.1, -0.05) is 84.4 Å². The van der Waals surface area contributed by atoms with Gasteiger partial charge < -0.3 is 0 Å². The minimum atomic E-state index is -0.555. The van der Waals surface area contributed by atoms with Crippen molar-refractivity contribution in [1.82, 2.24) is 0 Å². The summed E-state index contributed by atoms with van der Waals surface area (Å²) in [6.07, 6.45) is 4.43. The molecule has 0 saturated heterocycles. The molecule has 0 aliphatic heterocycles. The molecule has 0 N–H and O–H groups in total. The van der Waals surface area contributed by atoms with E-state index in [0.717, 1.165) is 29.5 Å². The van der Waals surface area contributed by atoms with Gasteiger partial charge in [0.25, 0.3) is 0 Å². The van der Waals surface area contributed by atoms with Crippen LogP contribution in [0.1, 0.15) is 49.9 Å². The second kappa shape index (κ2) is 6.66. The summed E-state index contributed by atoms with van der Waals surface area (Å²) in [7, 11) is 0. The number of Topliss-reactive ketones (excluding diaryl/α,β-unsaturated/α-hetero) is 2. The van der Waals surface area contributed by atoms with Gasteiger partial charge in [0.1, 0.15) is 0 Å². The summed E-state index contributed by atoms with van der Waals surface area (Å²) in [6.45, 7) is 1.58. The highest BCUT2D eigenvalue weighted by molar-refractivity contribution is 6.08. The quantitative estimate of drug-likeness (QED) is 0.562. The fraction of sp³-hybridized carbons (Fsp3) is 0.185. The second-order valence-corrected chi connectivity index (χ2v) is 8.22. The number of rotatable bonds is 4. The highest BCUT2D eigenvalue weighted by Gasteiger charge is 2.48. The van der Waals surface area contributed by atoms with Crippen molar-refractivity contribution in [3.8, 4) is 0 Å². The molecule has 1 atom stereocenters. The molecule has 2 heteroatoms. The Morgan fingerprint density at radius 3 is 2.28 bits per heavy atom. The first-order chi connectivity index (χ1) is 14.1. The normalized spacial score (nSPS) is 19.6. The Hall–Kier alpha value is -3.26. The summed E-state index contributed by atoms with van der Waals surface area (Å²) < 4.78 is 0. The largest absolute Gasteiger partial charge is 0.295 e. The van der Waals surface area contributed by atoms with E-state index in [1.54, 1.807) is 6.92 Å². The van der Waals surface area contributed by atoms with Crippen molar-refractivity contribution in [1.29, 1.82) is 0 Å². The monoisotopic (exact) mass is 378 g/mol. The van der Waals surface area contributed by atoms with Crippen LogP contribution in [0.3, 0.4) is 0 Å². The Balaban J connectivity index is 1.58. The van der Waals surface area contributed by atoms with Crippen molar-refractivity contribution in [3.63, 3.8) is 0 Å². The van der Waals surface area contributed by atoms with Gasteiger partial charge in [-0.25, -0.2) is 0 Å². The van der Waals surface area contributed by atoms with Crippen molar-refractivity contribution in [3.05, 3.63) is 112 Å². The molecule has 0 heterocycles. The zero-order valence-corrected chi connectivity index (χ0v) is 16.4.